The molecule has 0 amide bonds. The van der Waals surface area contributed by atoms with Crippen molar-refractivity contribution < 1.29 is 18.0 Å². The lowest BCUT2D eigenvalue weighted by Crippen LogP contribution is -2.32. The van der Waals surface area contributed by atoms with Gasteiger partial charge in [-0.2, -0.15) is 18.3 Å². The first kappa shape index (κ1) is 15.3. The molecule has 0 saturated carbocycles. The maximum absolute atomic E-state index is 13.6. The van der Waals surface area contributed by atoms with Gasteiger partial charge >= 0.3 is 6.18 Å². The number of aromatic amines is 1. The van der Waals surface area contributed by atoms with Crippen molar-refractivity contribution in [2.75, 3.05) is 0 Å². The number of fused-ring (bicyclic) bond motifs is 1. The van der Waals surface area contributed by atoms with E-state index >= 15 is 0 Å². The molecule has 0 bridgehead atoms. The van der Waals surface area contributed by atoms with E-state index in [4.69, 9.17) is 0 Å². The number of H-pyrrole nitrogens is 1. The van der Waals surface area contributed by atoms with Crippen LogP contribution in [0.4, 0.5) is 13.2 Å². The zero-order valence-electron chi connectivity index (χ0n) is 12.1. The number of aryl methyl sites for hydroxylation is 1. The van der Waals surface area contributed by atoms with Crippen LogP contribution >= 0.6 is 11.3 Å². The van der Waals surface area contributed by atoms with Crippen LogP contribution < -0.4 is 0 Å². The van der Waals surface area contributed by atoms with Crippen LogP contribution in [-0.4, -0.2) is 22.2 Å². The quantitative estimate of drug-likeness (QED) is 0.892. The molecule has 1 aliphatic carbocycles. The molecule has 1 N–H and O–H groups in total. The first-order chi connectivity index (χ1) is 10.2. The average Bonchev–Trinajstić information content (AvgIpc) is 3.03. The number of hydrogen-bond donors (Lipinski definition) is 1. The highest BCUT2D eigenvalue weighted by Gasteiger charge is 2.48. The van der Waals surface area contributed by atoms with Gasteiger partial charge in [0.1, 0.15) is 5.92 Å². The molecular formula is C15H15F3N2OS. The topological polar surface area (TPSA) is 45.8 Å². The third-order valence-electron chi connectivity index (χ3n) is 4.14. The van der Waals surface area contributed by atoms with Crippen LogP contribution in [-0.2, 0) is 6.42 Å². The fourth-order valence-corrected chi connectivity index (χ4v) is 3.69. The van der Waals surface area contributed by atoms with Crippen molar-refractivity contribution in [1.82, 2.24) is 10.2 Å². The van der Waals surface area contributed by atoms with Gasteiger partial charge in [-0.25, -0.2) is 0 Å². The summed E-state index contributed by atoms with van der Waals surface area (Å²) in [5.41, 5.74) is -0.197. The standard InChI is InChI=1S/C15H15F3N2OS/c1-14(2)6-5-8-10(13(14)21)12(20-19-8)11(15(16,17)18)9-4-3-7-22-9/h3-4,7,11H,5-6H2,1-2H3,(H,19,20). The summed E-state index contributed by atoms with van der Waals surface area (Å²) in [6, 6.07) is 3.01. The van der Waals surface area contributed by atoms with Gasteiger partial charge in [0.25, 0.3) is 0 Å². The molecule has 1 atom stereocenters. The molecule has 3 nitrogen and oxygen atoms in total. The van der Waals surface area contributed by atoms with Gasteiger partial charge in [0.05, 0.1) is 11.3 Å². The van der Waals surface area contributed by atoms with Crippen LogP contribution in [0.3, 0.4) is 0 Å². The molecule has 0 aliphatic heterocycles. The van der Waals surface area contributed by atoms with Crippen LogP contribution in [0.2, 0.25) is 0 Å². The number of aromatic nitrogens is 2. The van der Waals surface area contributed by atoms with Crippen molar-refractivity contribution >= 4 is 17.1 Å². The number of ketones is 1. The monoisotopic (exact) mass is 328 g/mol. The van der Waals surface area contributed by atoms with E-state index in [0.717, 1.165) is 11.3 Å². The fourth-order valence-electron chi connectivity index (χ4n) is 2.83. The van der Waals surface area contributed by atoms with Crippen LogP contribution in [0, 0.1) is 5.41 Å². The van der Waals surface area contributed by atoms with Crippen molar-refractivity contribution in [3.8, 4) is 0 Å². The number of thiophene rings is 1. The maximum atomic E-state index is 13.6. The van der Waals surface area contributed by atoms with E-state index in [1.807, 2.05) is 0 Å². The molecule has 0 radical (unpaired) electrons. The summed E-state index contributed by atoms with van der Waals surface area (Å²) in [6.45, 7) is 3.53. The average molecular weight is 328 g/mol. The van der Waals surface area contributed by atoms with E-state index in [-0.39, 0.29) is 21.9 Å². The van der Waals surface area contributed by atoms with Gasteiger partial charge < -0.3 is 0 Å². The highest BCUT2D eigenvalue weighted by atomic mass is 32.1. The van der Waals surface area contributed by atoms with Gasteiger partial charge in [0, 0.05) is 16.0 Å². The molecule has 2 aromatic rings. The van der Waals surface area contributed by atoms with Gasteiger partial charge in [-0.15, -0.1) is 11.3 Å². The largest absolute Gasteiger partial charge is 0.402 e. The van der Waals surface area contributed by atoms with Crippen molar-refractivity contribution in [3.05, 3.63) is 39.3 Å². The van der Waals surface area contributed by atoms with Crippen molar-refractivity contribution in [2.24, 2.45) is 5.41 Å². The van der Waals surface area contributed by atoms with Crippen LogP contribution in [0.25, 0.3) is 0 Å². The number of alkyl halides is 3. The molecule has 0 saturated heterocycles. The molecular weight excluding hydrogens is 313 g/mol. The SMILES string of the molecule is CC1(C)CCc2[nH]nc(C(c3cccs3)C(F)(F)F)c2C1=O. The first-order valence-corrected chi connectivity index (χ1v) is 7.82. The predicted octanol–water partition coefficient (Wildman–Crippen LogP) is 4.32. The Morgan fingerprint density at radius 3 is 2.73 bits per heavy atom. The number of nitrogens with zero attached hydrogens (tertiary/aromatic N) is 1. The van der Waals surface area contributed by atoms with Gasteiger partial charge in [0.2, 0.25) is 0 Å². The van der Waals surface area contributed by atoms with E-state index < -0.39 is 17.5 Å². The number of rotatable bonds is 2. The molecule has 7 heteroatoms. The smallest absolute Gasteiger partial charge is 0.293 e. The Kier molecular flexibility index (Phi) is 3.43. The van der Waals surface area contributed by atoms with E-state index in [0.29, 0.717) is 18.5 Å². The Morgan fingerprint density at radius 2 is 2.14 bits per heavy atom. The van der Waals surface area contributed by atoms with Gasteiger partial charge in [-0.3, -0.25) is 9.89 Å². The summed E-state index contributed by atoms with van der Waals surface area (Å²) in [5, 5.41) is 8.12. The summed E-state index contributed by atoms with van der Waals surface area (Å²) >= 11 is 1.02. The number of halogens is 3. The second-order valence-electron chi connectivity index (χ2n) is 6.17. The van der Waals surface area contributed by atoms with Crippen LogP contribution in [0.15, 0.2) is 17.5 Å². The predicted molar refractivity (Wildman–Crippen MR) is 77.2 cm³/mol. The fraction of sp³-hybridized carbons (Fsp3) is 0.467. The van der Waals surface area contributed by atoms with Crippen LogP contribution in [0.5, 0.6) is 0 Å². The Balaban J connectivity index is 2.16. The summed E-state index contributed by atoms with van der Waals surface area (Å²) < 4.78 is 40.7. The molecule has 0 spiro atoms. The lowest BCUT2D eigenvalue weighted by atomic mass is 9.73. The summed E-state index contributed by atoms with van der Waals surface area (Å²) in [6.07, 6.45) is -3.35. The molecule has 0 aromatic carbocycles. The van der Waals surface area contributed by atoms with Crippen LogP contribution in [0.1, 0.15) is 52.8 Å². The minimum Gasteiger partial charge on any atom is -0.293 e. The number of Topliss-reactive ketones (excluding diaryl/α,β-unsaturated/α-hetero) is 1. The molecule has 1 unspecified atom stereocenters. The lowest BCUT2D eigenvalue weighted by molar-refractivity contribution is -0.141. The molecule has 1 aliphatic rings. The summed E-state index contributed by atoms with van der Waals surface area (Å²) in [5.74, 6) is -2.12. The minimum absolute atomic E-state index is 0.131. The number of carbonyl (C=O) groups is 1. The van der Waals surface area contributed by atoms with E-state index in [9.17, 15) is 18.0 Å². The van der Waals surface area contributed by atoms with E-state index in [1.54, 1.807) is 25.3 Å². The molecule has 3 rings (SSSR count). The van der Waals surface area contributed by atoms with Crippen molar-refractivity contribution in [3.63, 3.8) is 0 Å². The molecule has 118 valence electrons. The second kappa shape index (κ2) is 4.94. The minimum atomic E-state index is -4.49. The Bertz CT molecular complexity index is 701. The van der Waals surface area contributed by atoms with Crippen molar-refractivity contribution in [1.29, 1.82) is 0 Å². The number of nitrogens with one attached hydrogen (secondary N) is 1. The molecule has 2 aromatic heterocycles. The number of carbonyl (C=O) groups excluding carboxylic acids is 1. The van der Waals surface area contributed by atoms with E-state index in [1.165, 1.54) is 6.07 Å². The highest BCUT2D eigenvalue weighted by molar-refractivity contribution is 7.10. The molecule has 22 heavy (non-hydrogen) atoms. The first-order valence-electron chi connectivity index (χ1n) is 6.94. The van der Waals surface area contributed by atoms with Gasteiger partial charge in [0.15, 0.2) is 5.78 Å². The van der Waals surface area contributed by atoms with Gasteiger partial charge in [-0.05, 0) is 24.3 Å². The van der Waals surface area contributed by atoms with E-state index in [2.05, 4.69) is 10.2 Å². The third kappa shape index (κ3) is 2.37. The Hall–Kier alpha value is -1.63. The van der Waals surface area contributed by atoms with Gasteiger partial charge in [-0.1, -0.05) is 19.9 Å². The summed E-state index contributed by atoms with van der Waals surface area (Å²) in [7, 11) is 0. The molecule has 2 heterocycles. The van der Waals surface area contributed by atoms with Crippen molar-refractivity contribution in [2.45, 2.75) is 38.8 Å². The maximum Gasteiger partial charge on any atom is 0.402 e. The second-order valence-corrected chi connectivity index (χ2v) is 7.14. The Labute approximate surface area is 129 Å². The third-order valence-corrected chi connectivity index (χ3v) is 5.08. The Morgan fingerprint density at radius 1 is 1.41 bits per heavy atom. The molecule has 0 fully saturated rings. The number of hydrogen-bond acceptors (Lipinski definition) is 3. The highest BCUT2D eigenvalue weighted by Crippen LogP contribution is 2.45. The summed E-state index contributed by atoms with van der Waals surface area (Å²) in [4.78, 5) is 12.7. The zero-order valence-corrected chi connectivity index (χ0v) is 12.9. The normalized spacial score (nSPS) is 19.0. The zero-order chi connectivity index (χ0) is 16.1. The lowest BCUT2D eigenvalue weighted by Gasteiger charge is -2.28.